The van der Waals surface area contributed by atoms with Crippen molar-refractivity contribution >= 4 is 27.3 Å². The molecule has 0 aliphatic rings. The monoisotopic (exact) mass is 334 g/mol. The predicted octanol–water partition coefficient (Wildman–Crippen LogP) is 4.59. The predicted molar refractivity (Wildman–Crippen MR) is 84.0 cm³/mol. The zero-order chi connectivity index (χ0) is 14.7. The summed E-state index contributed by atoms with van der Waals surface area (Å²) in [5.74, 6) is 0. The molecule has 4 nitrogen and oxygen atoms in total. The van der Waals surface area contributed by atoms with Crippen molar-refractivity contribution in [3.8, 4) is 0 Å². The van der Waals surface area contributed by atoms with Crippen LogP contribution >= 0.6 is 15.9 Å². The Morgan fingerprint density at radius 3 is 2.55 bits per heavy atom. The summed E-state index contributed by atoms with van der Waals surface area (Å²) in [6.45, 7) is 4.41. The molecule has 5 heteroatoms. The van der Waals surface area contributed by atoms with Crippen LogP contribution in [0.3, 0.4) is 0 Å². The number of nitro groups is 1. The Morgan fingerprint density at radius 1 is 1.20 bits per heavy atom. The number of hydrogen-bond donors (Lipinski definition) is 1. The van der Waals surface area contributed by atoms with Gasteiger partial charge in [0.25, 0.3) is 5.69 Å². The van der Waals surface area contributed by atoms with Crippen LogP contribution in [-0.4, -0.2) is 4.92 Å². The molecule has 0 aliphatic heterocycles. The largest absolute Gasteiger partial charge is 0.380 e. The van der Waals surface area contributed by atoms with Gasteiger partial charge in [-0.2, -0.15) is 0 Å². The Hall–Kier alpha value is -1.88. The summed E-state index contributed by atoms with van der Waals surface area (Å²) < 4.78 is 0.828. The average Bonchev–Trinajstić information content (AvgIpc) is 2.39. The molecule has 0 spiro atoms. The number of nitro benzene ring substituents is 1. The molecule has 104 valence electrons. The molecule has 2 aromatic rings. The van der Waals surface area contributed by atoms with Crippen molar-refractivity contribution in [2.24, 2.45) is 0 Å². The number of hydrogen-bond acceptors (Lipinski definition) is 3. The molecule has 0 fully saturated rings. The first-order valence-corrected chi connectivity index (χ1v) is 7.01. The van der Waals surface area contributed by atoms with Crippen molar-refractivity contribution in [2.75, 3.05) is 5.32 Å². The fourth-order valence-electron chi connectivity index (χ4n) is 1.99. The highest BCUT2D eigenvalue weighted by Crippen LogP contribution is 2.31. The second-order valence-electron chi connectivity index (χ2n) is 4.66. The molecular weight excluding hydrogens is 320 g/mol. The van der Waals surface area contributed by atoms with Crippen molar-refractivity contribution in [1.82, 2.24) is 0 Å². The lowest BCUT2D eigenvalue weighted by atomic mass is 10.1. The molecular formula is C15H15BrN2O2. The van der Waals surface area contributed by atoms with Gasteiger partial charge in [-0.05, 0) is 47.0 Å². The molecule has 0 heterocycles. The zero-order valence-corrected chi connectivity index (χ0v) is 12.9. The number of nitrogens with zero attached hydrogens (tertiary/aromatic N) is 1. The fraction of sp³-hybridized carbons (Fsp3) is 0.200. The van der Waals surface area contributed by atoms with E-state index in [-0.39, 0.29) is 10.6 Å². The first kappa shape index (κ1) is 14.5. The van der Waals surface area contributed by atoms with Crippen molar-refractivity contribution in [3.05, 3.63) is 67.7 Å². The van der Waals surface area contributed by atoms with Gasteiger partial charge in [0.05, 0.1) is 10.6 Å². The molecule has 0 saturated carbocycles. The molecule has 0 atom stereocenters. The van der Waals surface area contributed by atoms with Gasteiger partial charge in [-0.15, -0.1) is 0 Å². The molecule has 0 saturated heterocycles. The smallest absolute Gasteiger partial charge is 0.274 e. The van der Waals surface area contributed by atoms with Crippen LogP contribution in [0.2, 0.25) is 0 Å². The van der Waals surface area contributed by atoms with Crippen molar-refractivity contribution in [3.63, 3.8) is 0 Å². The lowest BCUT2D eigenvalue weighted by Gasteiger charge is -2.11. The van der Waals surface area contributed by atoms with Crippen molar-refractivity contribution in [2.45, 2.75) is 20.4 Å². The highest BCUT2D eigenvalue weighted by molar-refractivity contribution is 9.10. The molecule has 0 bridgehead atoms. The summed E-state index contributed by atoms with van der Waals surface area (Å²) in [6.07, 6.45) is 0. The zero-order valence-electron chi connectivity index (χ0n) is 11.3. The summed E-state index contributed by atoms with van der Waals surface area (Å²) in [5.41, 5.74) is 3.86. The van der Waals surface area contributed by atoms with Crippen LogP contribution in [0, 0.1) is 24.0 Å². The van der Waals surface area contributed by atoms with E-state index in [4.69, 9.17) is 0 Å². The number of nitrogens with one attached hydrogen (secondary N) is 1. The first-order chi connectivity index (χ1) is 9.49. The molecule has 0 aliphatic carbocycles. The molecule has 20 heavy (non-hydrogen) atoms. The number of aryl methyl sites for hydroxylation is 2. The van der Waals surface area contributed by atoms with Gasteiger partial charge in [0.2, 0.25) is 0 Å². The highest BCUT2D eigenvalue weighted by atomic mass is 79.9. The fourth-order valence-corrected chi connectivity index (χ4v) is 2.59. The average molecular weight is 335 g/mol. The van der Waals surface area contributed by atoms with Gasteiger partial charge in [0.1, 0.15) is 0 Å². The van der Waals surface area contributed by atoms with E-state index in [0.717, 1.165) is 10.2 Å². The van der Waals surface area contributed by atoms with E-state index in [1.165, 1.54) is 11.1 Å². The van der Waals surface area contributed by atoms with Gasteiger partial charge >= 0.3 is 0 Å². The van der Waals surface area contributed by atoms with Crippen LogP contribution < -0.4 is 5.32 Å². The maximum Gasteiger partial charge on any atom is 0.274 e. The second-order valence-corrected chi connectivity index (χ2v) is 5.51. The quantitative estimate of drug-likeness (QED) is 0.657. The van der Waals surface area contributed by atoms with Crippen LogP contribution in [0.25, 0.3) is 0 Å². The second kappa shape index (κ2) is 6.05. The minimum Gasteiger partial charge on any atom is -0.380 e. The minimum atomic E-state index is -0.360. The molecule has 2 aromatic carbocycles. The van der Waals surface area contributed by atoms with Crippen LogP contribution in [0.4, 0.5) is 11.4 Å². The van der Waals surface area contributed by atoms with E-state index in [1.54, 1.807) is 19.1 Å². The normalized spacial score (nSPS) is 10.3. The van der Waals surface area contributed by atoms with E-state index in [0.29, 0.717) is 12.1 Å². The third kappa shape index (κ3) is 3.17. The number of rotatable bonds is 4. The van der Waals surface area contributed by atoms with Gasteiger partial charge in [-0.1, -0.05) is 24.3 Å². The minimum absolute atomic E-state index is 0.125. The van der Waals surface area contributed by atoms with Crippen LogP contribution in [0.15, 0.2) is 40.9 Å². The molecule has 0 radical (unpaired) electrons. The maximum atomic E-state index is 11.0. The lowest BCUT2D eigenvalue weighted by molar-refractivity contribution is -0.385. The van der Waals surface area contributed by atoms with E-state index in [9.17, 15) is 10.1 Å². The molecule has 2 rings (SSSR count). The van der Waals surface area contributed by atoms with Crippen molar-refractivity contribution in [1.29, 1.82) is 0 Å². The summed E-state index contributed by atoms with van der Waals surface area (Å²) in [5, 5.41) is 14.2. The van der Waals surface area contributed by atoms with E-state index >= 15 is 0 Å². The number of benzene rings is 2. The van der Waals surface area contributed by atoms with Crippen LogP contribution in [-0.2, 0) is 6.54 Å². The van der Waals surface area contributed by atoms with Gasteiger partial charge in [0, 0.05) is 22.6 Å². The van der Waals surface area contributed by atoms with Crippen LogP contribution in [0.5, 0.6) is 0 Å². The molecule has 0 unspecified atom stereocenters. The molecule has 0 aromatic heterocycles. The third-order valence-electron chi connectivity index (χ3n) is 3.21. The first-order valence-electron chi connectivity index (χ1n) is 6.22. The van der Waals surface area contributed by atoms with Crippen LogP contribution in [0.1, 0.15) is 16.7 Å². The Bertz CT molecular complexity index is 656. The number of halogens is 1. The molecule has 1 N–H and O–H groups in total. The SMILES string of the molecule is Cc1ccccc1CNc1cc([N+](=O)[O-])c(C)cc1Br. The maximum absolute atomic E-state index is 11.0. The Kier molecular flexibility index (Phi) is 4.39. The highest BCUT2D eigenvalue weighted by Gasteiger charge is 2.14. The van der Waals surface area contributed by atoms with E-state index in [2.05, 4.69) is 21.2 Å². The van der Waals surface area contributed by atoms with Gasteiger partial charge in [-0.25, -0.2) is 0 Å². The van der Waals surface area contributed by atoms with Gasteiger partial charge in [0.15, 0.2) is 0 Å². The number of anilines is 1. The van der Waals surface area contributed by atoms with Gasteiger partial charge < -0.3 is 5.32 Å². The summed E-state index contributed by atoms with van der Waals surface area (Å²) in [4.78, 5) is 10.6. The summed E-state index contributed by atoms with van der Waals surface area (Å²) in [7, 11) is 0. The van der Waals surface area contributed by atoms with E-state index in [1.807, 2.05) is 31.2 Å². The van der Waals surface area contributed by atoms with Gasteiger partial charge in [-0.3, -0.25) is 10.1 Å². The standard InChI is InChI=1S/C15H15BrN2O2/c1-10-5-3-4-6-12(10)9-17-14-8-15(18(19)20)11(2)7-13(14)16/h3-8,17H,9H2,1-2H3. The molecule has 0 amide bonds. The third-order valence-corrected chi connectivity index (χ3v) is 3.87. The summed E-state index contributed by atoms with van der Waals surface area (Å²) in [6, 6.07) is 11.4. The van der Waals surface area contributed by atoms with Crippen molar-refractivity contribution < 1.29 is 4.92 Å². The summed E-state index contributed by atoms with van der Waals surface area (Å²) >= 11 is 3.44. The van der Waals surface area contributed by atoms with E-state index < -0.39 is 0 Å². The topological polar surface area (TPSA) is 55.2 Å². The Balaban J connectivity index is 2.24. The lowest BCUT2D eigenvalue weighted by Crippen LogP contribution is -2.03. The Morgan fingerprint density at radius 2 is 1.90 bits per heavy atom. The Labute approximate surface area is 126 Å².